The number of ether oxygens (including phenoxy) is 1. The maximum absolute atomic E-state index is 14.2. The highest BCUT2D eigenvalue weighted by atomic mass is 19.1. The molecule has 1 aromatic carbocycles. The van der Waals surface area contributed by atoms with E-state index in [0.717, 1.165) is 25.9 Å². The summed E-state index contributed by atoms with van der Waals surface area (Å²) in [5.41, 5.74) is 1.01. The maximum atomic E-state index is 14.2. The molecule has 0 saturated carbocycles. The Kier molecular flexibility index (Phi) is 3.87. The molecule has 0 N–H and O–H groups in total. The Morgan fingerprint density at radius 1 is 1.10 bits per heavy atom. The van der Waals surface area contributed by atoms with Crippen LogP contribution in [0.25, 0.3) is 0 Å². The number of amides is 1. The SMILES string of the molecule is O=C(c1ccc(N2CCOCC2)c(F)c1)N1CCCC1. The predicted octanol–water partition coefficient (Wildman–Crippen LogP) is 1.90. The third-order valence-electron chi connectivity index (χ3n) is 3.94. The van der Waals surface area contributed by atoms with Gasteiger partial charge >= 0.3 is 0 Å². The Balaban J connectivity index is 1.77. The number of carbonyl (C=O) groups excluding carboxylic acids is 1. The lowest BCUT2D eigenvalue weighted by Gasteiger charge is -2.29. The van der Waals surface area contributed by atoms with Crippen LogP contribution >= 0.6 is 0 Å². The van der Waals surface area contributed by atoms with E-state index in [0.29, 0.717) is 37.6 Å². The monoisotopic (exact) mass is 278 g/mol. The number of anilines is 1. The van der Waals surface area contributed by atoms with Crippen molar-refractivity contribution in [3.05, 3.63) is 29.6 Å². The van der Waals surface area contributed by atoms with Crippen LogP contribution in [0.15, 0.2) is 18.2 Å². The van der Waals surface area contributed by atoms with E-state index in [2.05, 4.69) is 0 Å². The number of benzene rings is 1. The molecule has 3 rings (SSSR count). The van der Waals surface area contributed by atoms with Gasteiger partial charge in [0.1, 0.15) is 5.82 Å². The summed E-state index contributed by atoms with van der Waals surface area (Å²) in [6, 6.07) is 4.81. The van der Waals surface area contributed by atoms with Crippen molar-refractivity contribution in [1.29, 1.82) is 0 Å². The molecule has 1 amide bonds. The number of carbonyl (C=O) groups is 1. The zero-order chi connectivity index (χ0) is 13.9. The van der Waals surface area contributed by atoms with Gasteiger partial charge in [-0.25, -0.2) is 4.39 Å². The third kappa shape index (κ3) is 2.63. The lowest BCUT2D eigenvalue weighted by molar-refractivity contribution is 0.0792. The summed E-state index contributed by atoms with van der Waals surface area (Å²) in [6.45, 7) is 4.19. The van der Waals surface area contributed by atoms with E-state index in [1.54, 1.807) is 17.0 Å². The van der Waals surface area contributed by atoms with Crippen molar-refractivity contribution in [3.63, 3.8) is 0 Å². The molecule has 2 saturated heterocycles. The molecule has 0 unspecified atom stereocenters. The second-order valence-electron chi connectivity index (χ2n) is 5.26. The average Bonchev–Trinajstić information content (AvgIpc) is 3.01. The lowest BCUT2D eigenvalue weighted by Crippen LogP contribution is -2.36. The van der Waals surface area contributed by atoms with Crippen molar-refractivity contribution in [2.24, 2.45) is 0 Å². The van der Waals surface area contributed by atoms with E-state index < -0.39 is 0 Å². The molecule has 0 atom stereocenters. The quantitative estimate of drug-likeness (QED) is 0.828. The van der Waals surface area contributed by atoms with Gasteiger partial charge in [-0.3, -0.25) is 4.79 Å². The molecular formula is C15H19FN2O2. The Bertz CT molecular complexity index is 495. The Labute approximate surface area is 118 Å². The topological polar surface area (TPSA) is 32.8 Å². The first-order valence-corrected chi connectivity index (χ1v) is 7.17. The first-order chi connectivity index (χ1) is 9.75. The molecule has 0 aliphatic carbocycles. The molecule has 2 aliphatic heterocycles. The number of rotatable bonds is 2. The van der Waals surface area contributed by atoms with Crippen LogP contribution in [0.5, 0.6) is 0 Å². The molecule has 2 heterocycles. The van der Waals surface area contributed by atoms with Crippen molar-refractivity contribution in [1.82, 2.24) is 4.90 Å². The third-order valence-corrected chi connectivity index (χ3v) is 3.94. The van der Waals surface area contributed by atoms with E-state index in [9.17, 15) is 9.18 Å². The van der Waals surface area contributed by atoms with Crippen molar-refractivity contribution >= 4 is 11.6 Å². The van der Waals surface area contributed by atoms with Crippen molar-refractivity contribution in [2.45, 2.75) is 12.8 Å². The number of nitrogens with zero attached hydrogens (tertiary/aromatic N) is 2. The standard InChI is InChI=1S/C15H19FN2O2/c16-13-11-12(15(19)18-5-1-2-6-18)3-4-14(13)17-7-9-20-10-8-17/h3-4,11H,1-2,5-10H2. The van der Waals surface area contributed by atoms with Crippen LogP contribution < -0.4 is 4.90 Å². The minimum atomic E-state index is -0.322. The lowest BCUT2D eigenvalue weighted by atomic mass is 10.1. The Morgan fingerprint density at radius 2 is 1.80 bits per heavy atom. The summed E-state index contributed by atoms with van der Waals surface area (Å²) in [5.74, 6) is -0.383. The molecule has 2 fully saturated rings. The average molecular weight is 278 g/mol. The summed E-state index contributed by atoms with van der Waals surface area (Å²) in [6.07, 6.45) is 2.08. The minimum Gasteiger partial charge on any atom is -0.378 e. The van der Waals surface area contributed by atoms with Gasteiger partial charge in [0, 0.05) is 31.7 Å². The van der Waals surface area contributed by atoms with Gasteiger partial charge in [0.2, 0.25) is 0 Å². The highest BCUT2D eigenvalue weighted by Crippen LogP contribution is 2.23. The van der Waals surface area contributed by atoms with Crippen LogP contribution in [0.3, 0.4) is 0 Å². The van der Waals surface area contributed by atoms with Crippen LogP contribution in [0, 0.1) is 5.82 Å². The highest BCUT2D eigenvalue weighted by Gasteiger charge is 2.21. The summed E-state index contributed by atoms with van der Waals surface area (Å²) >= 11 is 0. The molecule has 0 aromatic heterocycles. The van der Waals surface area contributed by atoms with Crippen LogP contribution in [0.2, 0.25) is 0 Å². The number of halogens is 1. The Hall–Kier alpha value is -1.62. The smallest absolute Gasteiger partial charge is 0.253 e. The molecule has 108 valence electrons. The molecule has 5 heteroatoms. The summed E-state index contributed by atoms with van der Waals surface area (Å²) < 4.78 is 19.5. The van der Waals surface area contributed by atoms with Crippen molar-refractivity contribution in [3.8, 4) is 0 Å². The largest absolute Gasteiger partial charge is 0.378 e. The van der Waals surface area contributed by atoms with Gasteiger partial charge < -0.3 is 14.5 Å². The number of hydrogen-bond acceptors (Lipinski definition) is 3. The zero-order valence-electron chi connectivity index (χ0n) is 11.5. The van der Waals surface area contributed by atoms with Gasteiger partial charge in [0.15, 0.2) is 0 Å². The molecule has 0 spiro atoms. The molecular weight excluding hydrogens is 259 g/mol. The predicted molar refractivity (Wildman–Crippen MR) is 74.6 cm³/mol. The molecule has 0 radical (unpaired) electrons. The summed E-state index contributed by atoms with van der Waals surface area (Å²) in [7, 11) is 0. The van der Waals surface area contributed by atoms with Crippen molar-refractivity contribution in [2.75, 3.05) is 44.3 Å². The normalized spacial score (nSPS) is 19.4. The molecule has 1 aromatic rings. The van der Waals surface area contributed by atoms with E-state index in [-0.39, 0.29) is 11.7 Å². The Morgan fingerprint density at radius 3 is 2.45 bits per heavy atom. The molecule has 20 heavy (non-hydrogen) atoms. The fourth-order valence-corrected chi connectivity index (χ4v) is 2.80. The molecule has 0 bridgehead atoms. The first kappa shape index (κ1) is 13.4. The second-order valence-corrected chi connectivity index (χ2v) is 5.26. The molecule has 4 nitrogen and oxygen atoms in total. The second kappa shape index (κ2) is 5.79. The maximum Gasteiger partial charge on any atom is 0.253 e. The van der Waals surface area contributed by atoms with Gasteiger partial charge in [0.25, 0.3) is 5.91 Å². The first-order valence-electron chi connectivity index (χ1n) is 7.17. The van der Waals surface area contributed by atoms with Gasteiger partial charge in [0.05, 0.1) is 18.9 Å². The van der Waals surface area contributed by atoms with Crippen LogP contribution in [0.1, 0.15) is 23.2 Å². The van der Waals surface area contributed by atoms with Crippen LogP contribution in [-0.2, 0) is 4.74 Å². The minimum absolute atomic E-state index is 0.0603. The van der Waals surface area contributed by atoms with E-state index in [1.165, 1.54) is 6.07 Å². The van der Waals surface area contributed by atoms with Crippen LogP contribution in [0.4, 0.5) is 10.1 Å². The summed E-state index contributed by atoms with van der Waals surface area (Å²) in [4.78, 5) is 16.0. The van der Waals surface area contributed by atoms with E-state index in [4.69, 9.17) is 4.74 Å². The van der Waals surface area contributed by atoms with E-state index in [1.807, 2.05) is 4.90 Å². The van der Waals surface area contributed by atoms with Crippen molar-refractivity contribution < 1.29 is 13.9 Å². The fourth-order valence-electron chi connectivity index (χ4n) is 2.80. The zero-order valence-corrected chi connectivity index (χ0v) is 11.5. The number of hydrogen-bond donors (Lipinski definition) is 0. The fraction of sp³-hybridized carbons (Fsp3) is 0.533. The highest BCUT2D eigenvalue weighted by molar-refractivity contribution is 5.94. The van der Waals surface area contributed by atoms with Gasteiger partial charge in [-0.1, -0.05) is 0 Å². The number of morpholine rings is 1. The van der Waals surface area contributed by atoms with Gasteiger partial charge in [-0.15, -0.1) is 0 Å². The summed E-state index contributed by atoms with van der Waals surface area (Å²) in [5, 5.41) is 0. The van der Waals surface area contributed by atoms with Gasteiger partial charge in [-0.05, 0) is 31.0 Å². The molecule has 2 aliphatic rings. The van der Waals surface area contributed by atoms with Crippen LogP contribution in [-0.4, -0.2) is 50.2 Å². The van der Waals surface area contributed by atoms with E-state index >= 15 is 0 Å². The number of likely N-dealkylation sites (tertiary alicyclic amines) is 1. The van der Waals surface area contributed by atoms with Gasteiger partial charge in [-0.2, -0.15) is 0 Å².